The SMILES string of the molecule is C=CCOc1cccc2c1cc(C(=O)NCCCCCC)n2C(C)c1ccccc1. The van der Waals surface area contributed by atoms with Gasteiger partial charge in [-0.3, -0.25) is 4.79 Å². The van der Waals surface area contributed by atoms with E-state index in [0.29, 0.717) is 18.8 Å². The molecule has 1 aromatic heterocycles. The lowest BCUT2D eigenvalue weighted by Gasteiger charge is -2.19. The summed E-state index contributed by atoms with van der Waals surface area (Å²) in [6.45, 7) is 9.18. The number of nitrogens with zero attached hydrogens (tertiary/aromatic N) is 1. The summed E-state index contributed by atoms with van der Waals surface area (Å²) in [5, 5.41) is 4.05. The van der Waals surface area contributed by atoms with Gasteiger partial charge in [0.25, 0.3) is 5.91 Å². The maximum Gasteiger partial charge on any atom is 0.267 e. The van der Waals surface area contributed by atoms with E-state index >= 15 is 0 Å². The van der Waals surface area contributed by atoms with Gasteiger partial charge < -0.3 is 14.6 Å². The third-order valence-corrected chi connectivity index (χ3v) is 5.42. The van der Waals surface area contributed by atoms with Gasteiger partial charge in [0, 0.05) is 11.9 Å². The highest BCUT2D eigenvalue weighted by atomic mass is 16.5. The molecule has 2 aromatic carbocycles. The number of amides is 1. The van der Waals surface area contributed by atoms with Crippen LogP contribution in [0.2, 0.25) is 0 Å². The first kappa shape index (κ1) is 21.7. The molecule has 0 radical (unpaired) electrons. The van der Waals surface area contributed by atoms with Crippen LogP contribution in [0.3, 0.4) is 0 Å². The van der Waals surface area contributed by atoms with Gasteiger partial charge in [-0.15, -0.1) is 0 Å². The van der Waals surface area contributed by atoms with Gasteiger partial charge in [-0.05, 0) is 37.1 Å². The quantitative estimate of drug-likeness (QED) is 0.309. The van der Waals surface area contributed by atoms with E-state index < -0.39 is 0 Å². The van der Waals surface area contributed by atoms with Crippen molar-refractivity contribution < 1.29 is 9.53 Å². The van der Waals surface area contributed by atoms with Crippen molar-refractivity contribution in [1.29, 1.82) is 0 Å². The van der Waals surface area contributed by atoms with Crippen LogP contribution in [0.5, 0.6) is 5.75 Å². The first-order valence-corrected chi connectivity index (χ1v) is 10.9. The van der Waals surface area contributed by atoms with E-state index in [2.05, 4.69) is 42.4 Å². The standard InChI is InChI=1S/C26H32N2O2/c1-4-6-7-11-17-27-26(29)24-19-22-23(15-12-16-25(22)30-18-5-2)28(24)20(3)21-13-9-8-10-14-21/h5,8-10,12-16,19-20H,2,4,6-7,11,17-18H2,1,3H3,(H,27,29). The van der Waals surface area contributed by atoms with E-state index in [0.717, 1.165) is 35.1 Å². The Morgan fingerprint density at radius 3 is 2.67 bits per heavy atom. The minimum absolute atomic E-state index is 0.0131. The van der Waals surface area contributed by atoms with E-state index in [1.54, 1.807) is 6.08 Å². The molecular formula is C26H32N2O2. The Bertz CT molecular complexity index is 975. The Hall–Kier alpha value is -3.01. The molecule has 0 fully saturated rings. The molecule has 0 saturated carbocycles. The predicted octanol–water partition coefficient (Wildman–Crippen LogP) is 6.13. The molecule has 158 valence electrons. The van der Waals surface area contributed by atoms with Crippen LogP contribution in [0.4, 0.5) is 0 Å². The second-order valence-electron chi connectivity index (χ2n) is 7.59. The van der Waals surface area contributed by atoms with Crippen LogP contribution < -0.4 is 10.1 Å². The number of hydrogen-bond donors (Lipinski definition) is 1. The van der Waals surface area contributed by atoms with Gasteiger partial charge in [-0.1, -0.05) is 75.2 Å². The lowest BCUT2D eigenvalue weighted by Crippen LogP contribution is -2.27. The molecule has 1 unspecified atom stereocenters. The molecule has 4 heteroatoms. The normalized spacial score (nSPS) is 11.9. The maximum absolute atomic E-state index is 13.1. The molecule has 1 amide bonds. The molecule has 0 aliphatic carbocycles. The van der Waals surface area contributed by atoms with Crippen molar-refractivity contribution in [2.24, 2.45) is 0 Å². The van der Waals surface area contributed by atoms with Crippen LogP contribution in [0.1, 0.15) is 61.6 Å². The zero-order valence-electron chi connectivity index (χ0n) is 18.1. The van der Waals surface area contributed by atoms with E-state index in [1.807, 2.05) is 42.5 Å². The van der Waals surface area contributed by atoms with Gasteiger partial charge in [0.1, 0.15) is 18.1 Å². The van der Waals surface area contributed by atoms with Crippen LogP contribution in [0.15, 0.2) is 67.3 Å². The lowest BCUT2D eigenvalue weighted by molar-refractivity contribution is 0.0943. The Kier molecular flexibility index (Phi) is 7.72. The zero-order chi connectivity index (χ0) is 21.3. The van der Waals surface area contributed by atoms with Crippen molar-refractivity contribution in [1.82, 2.24) is 9.88 Å². The molecule has 0 aliphatic heterocycles. The second-order valence-corrected chi connectivity index (χ2v) is 7.59. The monoisotopic (exact) mass is 404 g/mol. The molecule has 1 N–H and O–H groups in total. The largest absolute Gasteiger partial charge is 0.489 e. The number of fused-ring (bicyclic) bond motifs is 1. The van der Waals surface area contributed by atoms with E-state index in [-0.39, 0.29) is 11.9 Å². The smallest absolute Gasteiger partial charge is 0.267 e. The molecule has 0 bridgehead atoms. The van der Waals surface area contributed by atoms with E-state index in [1.165, 1.54) is 12.8 Å². The first-order chi connectivity index (χ1) is 14.7. The highest BCUT2D eigenvalue weighted by Gasteiger charge is 2.22. The van der Waals surface area contributed by atoms with Crippen molar-refractivity contribution in [2.75, 3.05) is 13.2 Å². The number of rotatable bonds is 11. The Morgan fingerprint density at radius 2 is 1.93 bits per heavy atom. The van der Waals surface area contributed by atoms with Crippen molar-refractivity contribution in [3.8, 4) is 5.75 Å². The molecule has 0 aliphatic rings. The average molecular weight is 405 g/mol. The third-order valence-electron chi connectivity index (χ3n) is 5.42. The van der Waals surface area contributed by atoms with Crippen molar-refractivity contribution in [3.05, 3.63) is 78.5 Å². The summed E-state index contributed by atoms with van der Waals surface area (Å²) >= 11 is 0. The number of aromatic nitrogens is 1. The van der Waals surface area contributed by atoms with Crippen LogP contribution in [0.25, 0.3) is 10.9 Å². The molecule has 1 heterocycles. The summed E-state index contributed by atoms with van der Waals surface area (Å²) in [4.78, 5) is 13.1. The number of unbranched alkanes of at least 4 members (excludes halogenated alkanes) is 3. The Morgan fingerprint density at radius 1 is 1.13 bits per heavy atom. The van der Waals surface area contributed by atoms with Gasteiger partial charge in [0.15, 0.2) is 0 Å². The molecule has 3 rings (SSSR count). The summed E-state index contributed by atoms with van der Waals surface area (Å²) in [6, 6.07) is 18.2. The van der Waals surface area contributed by atoms with Crippen LogP contribution in [-0.4, -0.2) is 23.6 Å². The van der Waals surface area contributed by atoms with Crippen LogP contribution in [0, 0.1) is 0 Å². The second kappa shape index (κ2) is 10.7. The fourth-order valence-corrected chi connectivity index (χ4v) is 3.82. The molecule has 4 nitrogen and oxygen atoms in total. The molecule has 0 spiro atoms. The molecular weight excluding hydrogens is 372 g/mol. The summed E-state index contributed by atoms with van der Waals surface area (Å²) < 4.78 is 7.98. The number of nitrogens with one attached hydrogen (secondary N) is 1. The van der Waals surface area contributed by atoms with Gasteiger partial charge in [0.2, 0.25) is 0 Å². The van der Waals surface area contributed by atoms with Crippen LogP contribution >= 0.6 is 0 Å². The lowest BCUT2D eigenvalue weighted by atomic mass is 10.1. The van der Waals surface area contributed by atoms with Gasteiger partial charge in [-0.2, -0.15) is 0 Å². The summed E-state index contributed by atoms with van der Waals surface area (Å²) in [5.74, 6) is 0.726. The van der Waals surface area contributed by atoms with Gasteiger partial charge >= 0.3 is 0 Å². The number of benzene rings is 2. The van der Waals surface area contributed by atoms with Crippen molar-refractivity contribution in [2.45, 2.75) is 45.6 Å². The first-order valence-electron chi connectivity index (χ1n) is 10.9. The topological polar surface area (TPSA) is 43.3 Å². The average Bonchev–Trinajstić information content (AvgIpc) is 3.18. The van der Waals surface area contributed by atoms with Gasteiger partial charge in [-0.25, -0.2) is 0 Å². The molecule has 0 saturated heterocycles. The highest BCUT2D eigenvalue weighted by molar-refractivity contribution is 6.00. The minimum atomic E-state index is -0.0415. The molecule has 1 atom stereocenters. The zero-order valence-corrected chi connectivity index (χ0v) is 18.1. The maximum atomic E-state index is 13.1. The highest BCUT2D eigenvalue weighted by Crippen LogP contribution is 2.33. The van der Waals surface area contributed by atoms with E-state index in [9.17, 15) is 4.79 Å². The number of carbonyl (C=O) groups excluding carboxylic acids is 1. The van der Waals surface area contributed by atoms with Crippen molar-refractivity contribution in [3.63, 3.8) is 0 Å². The molecule has 30 heavy (non-hydrogen) atoms. The number of hydrogen-bond acceptors (Lipinski definition) is 2. The minimum Gasteiger partial charge on any atom is -0.489 e. The molecule has 3 aromatic rings. The fourth-order valence-electron chi connectivity index (χ4n) is 3.82. The van der Waals surface area contributed by atoms with Crippen molar-refractivity contribution >= 4 is 16.8 Å². The third kappa shape index (κ3) is 4.93. The number of carbonyl (C=O) groups is 1. The Balaban J connectivity index is 1.98. The summed E-state index contributed by atoms with van der Waals surface area (Å²) in [6.07, 6.45) is 6.25. The predicted molar refractivity (Wildman–Crippen MR) is 124 cm³/mol. The Labute approximate surface area is 179 Å². The summed E-state index contributed by atoms with van der Waals surface area (Å²) in [7, 11) is 0. The summed E-state index contributed by atoms with van der Waals surface area (Å²) in [5.41, 5.74) is 2.81. The van der Waals surface area contributed by atoms with Gasteiger partial charge in [0.05, 0.1) is 11.6 Å². The fraction of sp³-hybridized carbons (Fsp3) is 0.346. The number of ether oxygens (including phenoxy) is 1. The van der Waals surface area contributed by atoms with E-state index in [4.69, 9.17) is 4.74 Å². The van der Waals surface area contributed by atoms with Crippen LogP contribution in [-0.2, 0) is 0 Å².